The van der Waals surface area contributed by atoms with Crippen LogP contribution in [0, 0.1) is 5.92 Å². The highest BCUT2D eigenvalue weighted by molar-refractivity contribution is 5.80. The molecule has 1 aromatic rings. The Kier molecular flexibility index (Phi) is 5.70. The van der Waals surface area contributed by atoms with Crippen LogP contribution in [0.25, 0.3) is 0 Å². The summed E-state index contributed by atoms with van der Waals surface area (Å²) in [5, 5.41) is 0. The number of carbonyl (C=O) groups is 1. The minimum Gasteiger partial charge on any atom is -0.356 e. The molecule has 26 heavy (non-hydrogen) atoms. The van der Waals surface area contributed by atoms with Crippen LogP contribution in [0.1, 0.15) is 25.3 Å². The quantitative estimate of drug-likeness (QED) is 0.820. The van der Waals surface area contributed by atoms with Crippen molar-refractivity contribution in [1.82, 2.24) is 14.8 Å². The molecule has 0 saturated carbocycles. The van der Waals surface area contributed by atoms with Crippen molar-refractivity contribution in [3.8, 4) is 0 Å². The number of amides is 1. The van der Waals surface area contributed by atoms with Gasteiger partial charge in [0.25, 0.3) is 0 Å². The third kappa shape index (κ3) is 4.28. The van der Waals surface area contributed by atoms with Gasteiger partial charge >= 0.3 is 6.18 Å². The largest absolute Gasteiger partial charge is 0.417 e. The molecule has 8 heteroatoms. The molecular weight excluding hydrogens is 345 g/mol. The number of rotatable bonds is 3. The van der Waals surface area contributed by atoms with Gasteiger partial charge in [-0.3, -0.25) is 4.79 Å². The molecule has 0 aromatic carbocycles. The molecule has 2 aliphatic heterocycles. The molecule has 1 aromatic heterocycles. The van der Waals surface area contributed by atoms with Crippen LogP contribution in [-0.4, -0.2) is 66.5 Å². The molecule has 1 amide bonds. The van der Waals surface area contributed by atoms with Crippen molar-refractivity contribution in [2.75, 3.05) is 50.7 Å². The Balaban J connectivity index is 1.58. The van der Waals surface area contributed by atoms with Crippen LogP contribution in [0.2, 0.25) is 0 Å². The minimum absolute atomic E-state index is 0.104. The Morgan fingerprint density at radius 1 is 1.19 bits per heavy atom. The van der Waals surface area contributed by atoms with E-state index < -0.39 is 11.7 Å². The van der Waals surface area contributed by atoms with Gasteiger partial charge in [-0.15, -0.1) is 0 Å². The lowest BCUT2D eigenvalue weighted by Gasteiger charge is -2.24. The normalized spacial score (nSPS) is 22.5. The predicted molar refractivity (Wildman–Crippen MR) is 92.9 cm³/mol. The molecule has 0 aliphatic carbocycles. The van der Waals surface area contributed by atoms with Gasteiger partial charge in [0.05, 0.1) is 11.5 Å². The molecule has 0 spiro atoms. The van der Waals surface area contributed by atoms with Gasteiger partial charge in [-0.25, -0.2) is 4.98 Å². The summed E-state index contributed by atoms with van der Waals surface area (Å²) in [4.78, 5) is 23.0. The number of alkyl halides is 3. The summed E-state index contributed by atoms with van der Waals surface area (Å²) in [7, 11) is 0. The fourth-order valence-corrected chi connectivity index (χ4v) is 3.68. The number of halogens is 3. The van der Waals surface area contributed by atoms with Crippen LogP contribution < -0.4 is 4.90 Å². The zero-order valence-electron chi connectivity index (χ0n) is 15.0. The van der Waals surface area contributed by atoms with Crippen LogP contribution in [-0.2, 0) is 11.0 Å². The third-order valence-corrected chi connectivity index (χ3v) is 5.28. The number of nitrogens with zero attached hydrogens (tertiary/aromatic N) is 4. The van der Waals surface area contributed by atoms with E-state index in [1.807, 2.05) is 9.80 Å². The Labute approximate surface area is 151 Å². The molecule has 0 unspecified atom stereocenters. The molecule has 1 atom stereocenters. The Hall–Kier alpha value is -1.83. The Bertz CT molecular complexity index is 620. The van der Waals surface area contributed by atoms with E-state index in [1.165, 1.54) is 6.07 Å². The standard InChI is InChI=1S/C18H25F3N4O/c1-2-23-7-3-8-24(11-10-23)17(26)14-6-9-25(13-14)16-5-4-15(12-22-16)18(19,20)21/h4-5,12,14H,2-3,6-11,13H2,1H3/t14-/m1/s1. The lowest BCUT2D eigenvalue weighted by molar-refractivity contribution is -0.138. The van der Waals surface area contributed by atoms with E-state index in [0.29, 0.717) is 18.9 Å². The average Bonchev–Trinajstić information content (AvgIpc) is 2.99. The number of aromatic nitrogens is 1. The summed E-state index contributed by atoms with van der Waals surface area (Å²) in [6.07, 6.45) is -1.82. The van der Waals surface area contributed by atoms with E-state index in [2.05, 4.69) is 16.8 Å². The van der Waals surface area contributed by atoms with Gasteiger partial charge in [0, 0.05) is 38.9 Å². The zero-order valence-corrected chi connectivity index (χ0v) is 15.0. The first-order chi connectivity index (χ1) is 12.4. The number of pyridine rings is 1. The minimum atomic E-state index is -4.38. The Morgan fingerprint density at radius 2 is 2.00 bits per heavy atom. The molecule has 3 heterocycles. The SMILES string of the molecule is CCN1CCCN(C(=O)[C@@H]2CCN(c3ccc(C(F)(F)F)cn3)C2)CC1. The van der Waals surface area contributed by atoms with Gasteiger partial charge in [0.15, 0.2) is 0 Å². The number of hydrogen-bond donors (Lipinski definition) is 0. The predicted octanol–water partition coefficient (Wildman–Crippen LogP) is 2.48. The highest BCUT2D eigenvalue weighted by Gasteiger charge is 2.34. The van der Waals surface area contributed by atoms with Crippen LogP contribution in [0.3, 0.4) is 0 Å². The molecular formula is C18H25F3N4O. The summed E-state index contributed by atoms with van der Waals surface area (Å²) in [5.41, 5.74) is -0.752. The number of anilines is 1. The van der Waals surface area contributed by atoms with E-state index in [9.17, 15) is 18.0 Å². The Morgan fingerprint density at radius 3 is 2.65 bits per heavy atom. The van der Waals surface area contributed by atoms with Crippen molar-refractivity contribution < 1.29 is 18.0 Å². The second-order valence-electron chi connectivity index (χ2n) is 6.95. The maximum atomic E-state index is 12.8. The van der Waals surface area contributed by atoms with Crippen molar-refractivity contribution in [3.05, 3.63) is 23.9 Å². The maximum Gasteiger partial charge on any atom is 0.417 e. The highest BCUT2D eigenvalue weighted by Crippen LogP contribution is 2.30. The van der Waals surface area contributed by atoms with E-state index in [0.717, 1.165) is 57.8 Å². The lowest BCUT2D eigenvalue weighted by Crippen LogP contribution is -2.40. The van der Waals surface area contributed by atoms with Crippen molar-refractivity contribution in [3.63, 3.8) is 0 Å². The van der Waals surface area contributed by atoms with Gasteiger partial charge in [-0.1, -0.05) is 6.92 Å². The molecule has 0 bridgehead atoms. The van der Waals surface area contributed by atoms with Gasteiger partial charge in [0.1, 0.15) is 5.82 Å². The topological polar surface area (TPSA) is 39.7 Å². The van der Waals surface area contributed by atoms with Gasteiger partial charge in [-0.05, 0) is 38.1 Å². The van der Waals surface area contributed by atoms with Crippen LogP contribution in [0.5, 0.6) is 0 Å². The second-order valence-corrected chi connectivity index (χ2v) is 6.95. The summed E-state index contributed by atoms with van der Waals surface area (Å²) < 4.78 is 37.9. The van der Waals surface area contributed by atoms with Crippen molar-refractivity contribution in [2.45, 2.75) is 25.9 Å². The zero-order chi connectivity index (χ0) is 18.7. The third-order valence-electron chi connectivity index (χ3n) is 5.28. The molecule has 0 radical (unpaired) electrons. The van der Waals surface area contributed by atoms with E-state index in [-0.39, 0.29) is 11.8 Å². The molecule has 2 aliphatic rings. The fraction of sp³-hybridized carbons (Fsp3) is 0.667. The van der Waals surface area contributed by atoms with Crippen LogP contribution in [0.4, 0.5) is 19.0 Å². The van der Waals surface area contributed by atoms with Crippen molar-refractivity contribution in [1.29, 1.82) is 0 Å². The van der Waals surface area contributed by atoms with Crippen molar-refractivity contribution in [2.24, 2.45) is 5.92 Å². The van der Waals surface area contributed by atoms with Gasteiger partial charge in [0.2, 0.25) is 5.91 Å². The molecule has 5 nitrogen and oxygen atoms in total. The molecule has 2 fully saturated rings. The summed E-state index contributed by atoms with van der Waals surface area (Å²) in [6, 6.07) is 2.44. The van der Waals surface area contributed by atoms with E-state index in [4.69, 9.17) is 0 Å². The maximum absolute atomic E-state index is 12.8. The smallest absolute Gasteiger partial charge is 0.356 e. The van der Waals surface area contributed by atoms with E-state index >= 15 is 0 Å². The lowest BCUT2D eigenvalue weighted by atomic mass is 10.1. The average molecular weight is 370 g/mol. The first-order valence-corrected chi connectivity index (χ1v) is 9.18. The summed E-state index contributed by atoms with van der Waals surface area (Å²) >= 11 is 0. The molecule has 0 N–H and O–H groups in total. The van der Waals surface area contributed by atoms with E-state index in [1.54, 1.807) is 0 Å². The number of likely N-dealkylation sites (N-methyl/N-ethyl adjacent to an activating group) is 1. The first kappa shape index (κ1) is 18.9. The number of carbonyl (C=O) groups excluding carboxylic acids is 1. The molecule has 144 valence electrons. The monoisotopic (exact) mass is 370 g/mol. The number of hydrogen-bond acceptors (Lipinski definition) is 4. The summed E-state index contributed by atoms with van der Waals surface area (Å²) in [6.45, 7) is 7.74. The first-order valence-electron chi connectivity index (χ1n) is 9.18. The van der Waals surface area contributed by atoms with Crippen LogP contribution in [0.15, 0.2) is 18.3 Å². The summed E-state index contributed by atoms with van der Waals surface area (Å²) in [5.74, 6) is 0.561. The highest BCUT2D eigenvalue weighted by atomic mass is 19.4. The molecule has 3 rings (SSSR count). The van der Waals surface area contributed by atoms with Gasteiger partial charge < -0.3 is 14.7 Å². The fourth-order valence-electron chi connectivity index (χ4n) is 3.68. The van der Waals surface area contributed by atoms with Gasteiger partial charge in [-0.2, -0.15) is 13.2 Å². The van der Waals surface area contributed by atoms with Crippen LogP contribution >= 0.6 is 0 Å². The van der Waals surface area contributed by atoms with Crippen molar-refractivity contribution >= 4 is 11.7 Å². The molecule has 2 saturated heterocycles. The second kappa shape index (κ2) is 7.82.